The van der Waals surface area contributed by atoms with Crippen LogP contribution >= 0.6 is 15.9 Å². The van der Waals surface area contributed by atoms with Crippen molar-refractivity contribution in [2.24, 2.45) is 0 Å². The highest BCUT2D eigenvalue weighted by Gasteiger charge is 2.15. The van der Waals surface area contributed by atoms with Gasteiger partial charge in [0.1, 0.15) is 17.7 Å². The number of anilines is 2. The Morgan fingerprint density at radius 2 is 2.05 bits per heavy atom. The fourth-order valence-corrected chi connectivity index (χ4v) is 2.77. The van der Waals surface area contributed by atoms with Crippen LogP contribution in [-0.4, -0.2) is 4.98 Å². The summed E-state index contributed by atoms with van der Waals surface area (Å²) in [5.41, 5.74) is 3.28. The van der Waals surface area contributed by atoms with Gasteiger partial charge < -0.3 is 5.32 Å². The van der Waals surface area contributed by atoms with E-state index in [0.717, 1.165) is 36.9 Å². The molecule has 0 spiro atoms. The third kappa shape index (κ3) is 2.91. The highest BCUT2D eigenvalue weighted by atomic mass is 79.9. The number of rotatable bonds is 2. The minimum atomic E-state index is -0.350. The number of halogens is 2. The normalized spacial score (nSPS) is 13.4. The van der Waals surface area contributed by atoms with Crippen LogP contribution in [0.5, 0.6) is 0 Å². The van der Waals surface area contributed by atoms with E-state index in [4.69, 9.17) is 0 Å². The second-order valence-corrected chi connectivity index (χ2v) is 5.92. The van der Waals surface area contributed by atoms with Crippen LogP contribution in [-0.2, 0) is 12.8 Å². The highest BCUT2D eigenvalue weighted by molar-refractivity contribution is 9.10. The average Bonchev–Trinajstić information content (AvgIpc) is 2.50. The van der Waals surface area contributed by atoms with E-state index in [1.54, 1.807) is 12.1 Å². The van der Waals surface area contributed by atoms with Crippen molar-refractivity contribution in [2.75, 3.05) is 5.32 Å². The predicted octanol–water partition coefficient (Wildman–Crippen LogP) is 4.48. The first-order valence-electron chi connectivity index (χ1n) is 6.82. The maximum Gasteiger partial charge on any atom is 0.148 e. The number of nitrogens with zero attached hydrogens (tertiary/aromatic N) is 2. The molecule has 1 N–H and O–H groups in total. The number of hydrogen-bond donors (Lipinski definition) is 1. The third-order valence-electron chi connectivity index (χ3n) is 3.60. The van der Waals surface area contributed by atoms with E-state index in [1.165, 1.54) is 6.07 Å². The van der Waals surface area contributed by atoms with Gasteiger partial charge in [-0.3, -0.25) is 0 Å². The molecular weight excluding hydrogens is 333 g/mol. The van der Waals surface area contributed by atoms with E-state index >= 15 is 0 Å². The molecule has 0 amide bonds. The molecular formula is C16H13BrFN3. The summed E-state index contributed by atoms with van der Waals surface area (Å²) in [4.78, 5) is 4.56. The number of hydrogen-bond acceptors (Lipinski definition) is 3. The van der Waals surface area contributed by atoms with Gasteiger partial charge in [-0.05, 0) is 71.4 Å². The van der Waals surface area contributed by atoms with Gasteiger partial charge in [0.05, 0.1) is 10.0 Å². The number of aromatic nitrogens is 1. The van der Waals surface area contributed by atoms with Crippen molar-refractivity contribution in [3.8, 4) is 6.07 Å². The van der Waals surface area contributed by atoms with Gasteiger partial charge in [0, 0.05) is 11.4 Å². The fraction of sp³-hybridized carbons (Fsp3) is 0.250. The monoisotopic (exact) mass is 345 g/mol. The van der Waals surface area contributed by atoms with Gasteiger partial charge in [-0.15, -0.1) is 0 Å². The van der Waals surface area contributed by atoms with Gasteiger partial charge in [0.2, 0.25) is 0 Å². The lowest BCUT2D eigenvalue weighted by Gasteiger charge is -2.17. The largest absolute Gasteiger partial charge is 0.339 e. The maximum absolute atomic E-state index is 13.6. The summed E-state index contributed by atoms with van der Waals surface area (Å²) in [6.07, 6.45) is 4.18. The molecule has 106 valence electrons. The zero-order valence-electron chi connectivity index (χ0n) is 11.3. The van der Waals surface area contributed by atoms with Gasteiger partial charge in [-0.2, -0.15) is 5.26 Å². The van der Waals surface area contributed by atoms with Gasteiger partial charge >= 0.3 is 0 Å². The fourth-order valence-electron chi connectivity index (χ4n) is 2.52. The van der Waals surface area contributed by atoms with Crippen LogP contribution < -0.4 is 5.32 Å². The van der Waals surface area contributed by atoms with E-state index in [-0.39, 0.29) is 5.82 Å². The third-order valence-corrected chi connectivity index (χ3v) is 4.25. The molecule has 0 saturated heterocycles. The van der Waals surface area contributed by atoms with Gasteiger partial charge in [-0.1, -0.05) is 0 Å². The first-order valence-corrected chi connectivity index (χ1v) is 7.61. The summed E-state index contributed by atoms with van der Waals surface area (Å²) < 4.78 is 14.0. The minimum Gasteiger partial charge on any atom is -0.339 e. The lowest BCUT2D eigenvalue weighted by atomic mass is 9.95. The molecule has 1 heterocycles. The summed E-state index contributed by atoms with van der Waals surface area (Å²) in [6.45, 7) is 0. The summed E-state index contributed by atoms with van der Waals surface area (Å²) in [6, 6.07) is 8.82. The van der Waals surface area contributed by atoms with Crippen LogP contribution in [0.4, 0.5) is 15.9 Å². The van der Waals surface area contributed by atoms with Crippen molar-refractivity contribution in [3.63, 3.8) is 0 Å². The Morgan fingerprint density at radius 3 is 2.81 bits per heavy atom. The molecule has 1 aliphatic carbocycles. The SMILES string of the molecule is N#Cc1cc2c(nc1Nc1ccc(Br)c(F)c1)CCCC2. The Labute approximate surface area is 131 Å². The standard InChI is InChI=1S/C16H13BrFN3/c17-13-6-5-12(8-14(13)18)20-16-11(9-19)7-10-3-1-2-4-15(10)21-16/h5-8H,1-4H2,(H,20,21). The molecule has 0 bridgehead atoms. The molecule has 0 unspecified atom stereocenters. The van der Waals surface area contributed by atoms with E-state index in [9.17, 15) is 9.65 Å². The van der Waals surface area contributed by atoms with Crippen LogP contribution in [0.3, 0.4) is 0 Å². The highest BCUT2D eigenvalue weighted by Crippen LogP contribution is 2.27. The lowest BCUT2D eigenvalue weighted by Crippen LogP contribution is -2.09. The van der Waals surface area contributed by atoms with Crippen LogP contribution in [0, 0.1) is 17.1 Å². The minimum absolute atomic E-state index is 0.350. The zero-order valence-corrected chi connectivity index (χ0v) is 12.9. The molecule has 3 rings (SSSR count). The molecule has 3 nitrogen and oxygen atoms in total. The Morgan fingerprint density at radius 1 is 1.24 bits per heavy atom. The smallest absolute Gasteiger partial charge is 0.148 e. The van der Waals surface area contributed by atoms with Crippen LogP contribution in [0.1, 0.15) is 29.7 Å². The Bertz CT molecular complexity index is 737. The Hall–Kier alpha value is -1.93. The number of fused-ring (bicyclic) bond motifs is 1. The molecule has 5 heteroatoms. The van der Waals surface area contributed by atoms with Crippen molar-refractivity contribution in [1.29, 1.82) is 5.26 Å². The van der Waals surface area contributed by atoms with Gasteiger partial charge in [0.25, 0.3) is 0 Å². The topological polar surface area (TPSA) is 48.7 Å². The number of benzene rings is 1. The van der Waals surface area contributed by atoms with E-state index in [1.807, 2.05) is 6.07 Å². The first-order chi connectivity index (χ1) is 10.2. The number of nitriles is 1. The molecule has 2 aromatic rings. The summed E-state index contributed by atoms with van der Waals surface area (Å²) in [7, 11) is 0. The van der Waals surface area contributed by atoms with Crippen molar-refractivity contribution in [3.05, 3.63) is 51.4 Å². The molecule has 0 atom stereocenters. The molecule has 1 aromatic heterocycles. The molecule has 0 aliphatic heterocycles. The summed E-state index contributed by atoms with van der Waals surface area (Å²) in [5.74, 6) is 0.149. The number of aryl methyl sites for hydroxylation is 2. The van der Waals surface area contributed by atoms with Crippen LogP contribution in [0.15, 0.2) is 28.7 Å². The molecule has 1 aliphatic rings. The number of nitrogens with one attached hydrogen (secondary N) is 1. The van der Waals surface area contributed by atoms with Crippen LogP contribution in [0.2, 0.25) is 0 Å². The average molecular weight is 346 g/mol. The summed E-state index contributed by atoms with van der Waals surface area (Å²) >= 11 is 3.12. The van der Waals surface area contributed by atoms with Crippen molar-refractivity contribution in [1.82, 2.24) is 4.98 Å². The molecule has 0 fully saturated rings. The Kier molecular flexibility index (Phi) is 3.89. The van der Waals surface area contributed by atoms with Gasteiger partial charge in [-0.25, -0.2) is 9.37 Å². The summed E-state index contributed by atoms with van der Waals surface area (Å²) in [5, 5.41) is 12.3. The van der Waals surface area contributed by atoms with E-state index in [2.05, 4.69) is 32.3 Å². The predicted molar refractivity (Wildman–Crippen MR) is 83.0 cm³/mol. The first kappa shape index (κ1) is 14.0. The van der Waals surface area contributed by atoms with E-state index < -0.39 is 0 Å². The number of pyridine rings is 1. The lowest BCUT2D eigenvalue weighted by molar-refractivity contribution is 0.622. The van der Waals surface area contributed by atoms with Crippen molar-refractivity contribution in [2.45, 2.75) is 25.7 Å². The van der Waals surface area contributed by atoms with E-state index in [0.29, 0.717) is 21.5 Å². The molecule has 0 radical (unpaired) electrons. The van der Waals surface area contributed by atoms with Crippen molar-refractivity contribution >= 4 is 27.4 Å². The maximum atomic E-state index is 13.6. The zero-order chi connectivity index (χ0) is 14.8. The Balaban J connectivity index is 1.97. The van der Waals surface area contributed by atoms with Crippen molar-refractivity contribution < 1.29 is 4.39 Å². The second-order valence-electron chi connectivity index (χ2n) is 5.06. The second kappa shape index (κ2) is 5.82. The quantitative estimate of drug-likeness (QED) is 0.872. The molecule has 1 aromatic carbocycles. The molecule has 0 saturated carbocycles. The van der Waals surface area contributed by atoms with Crippen LogP contribution in [0.25, 0.3) is 0 Å². The molecule has 21 heavy (non-hydrogen) atoms. The van der Waals surface area contributed by atoms with Gasteiger partial charge in [0.15, 0.2) is 0 Å².